The summed E-state index contributed by atoms with van der Waals surface area (Å²) >= 11 is 0. The minimum Gasteiger partial charge on any atom is -0.505 e. The Labute approximate surface area is 222 Å². The Balaban J connectivity index is 0.000000187. The van der Waals surface area contributed by atoms with Gasteiger partial charge >= 0.3 is 5.97 Å². The number of benzene rings is 2. The highest BCUT2D eigenvalue weighted by molar-refractivity contribution is 5.93. The number of carbonyl (C=O) groups is 2. The summed E-state index contributed by atoms with van der Waals surface area (Å²) in [7, 11) is 1.43. The Bertz CT molecular complexity index is 1490. The number of halogens is 1. The van der Waals surface area contributed by atoms with Gasteiger partial charge in [-0.05, 0) is 37.5 Å². The number of aromatic carboxylic acids is 1. The van der Waals surface area contributed by atoms with Crippen molar-refractivity contribution in [1.29, 1.82) is 0 Å². The van der Waals surface area contributed by atoms with Crippen molar-refractivity contribution in [2.24, 2.45) is 0 Å². The van der Waals surface area contributed by atoms with E-state index in [9.17, 15) is 24.2 Å². The Kier molecular flexibility index (Phi) is 8.39. The molecule has 3 heterocycles. The average molecular weight is 539 g/mol. The monoisotopic (exact) mass is 538 g/mol. The van der Waals surface area contributed by atoms with Crippen molar-refractivity contribution in [1.82, 2.24) is 24.6 Å². The van der Waals surface area contributed by atoms with Gasteiger partial charge in [0.25, 0.3) is 0 Å². The molecule has 1 aliphatic heterocycles. The smallest absolute Gasteiger partial charge is 0.338 e. The minimum atomic E-state index is -1.03. The Morgan fingerprint density at radius 1 is 1.10 bits per heavy atom. The number of carboxylic acid groups (broad SMARTS) is 1. The van der Waals surface area contributed by atoms with Crippen LogP contribution in [0.2, 0.25) is 0 Å². The van der Waals surface area contributed by atoms with Crippen molar-refractivity contribution in [3.63, 3.8) is 0 Å². The predicted molar refractivity (Wildman–Crippen MR) is 139 cm³/mol. The number of fused-ring (bicyclic) bond motifs is 1. The van der Waals surface area contributed by atoms with Gasteiger partial charge in [-0.2, -0.15) is 5.10 Å². The largest absolute Gasteiger partial charge is 0.505 e. The van der Waals surface area contributed by atoms with Gasteiger partial charge in [0.1, 0.15) is 18.7 Å². The van der Waals surface area contributed by atoms with Gasteiger partial charge in [0.15, 0.2) is 23.1 Å². The summed E-state index contributed by atoms with van der Waals surface area (Å²) in [5.41, 5.74) is 0.694. The van der Waals surface area contributed by atoms with E-state index in [2.05, 4.69) is 20.4 Å². The highest BCUT2D eigenvalue weighted by Crippen LogP contribution is 2.34. The van der Waals surface area contributed by atoms with Crippen molar-refractivity contribution in [2.45, 2.75) is 25.8 Å². The van der Waals surface area contributed by atoms with Gasteiger partial charge in [0.05, 0.1) is 30.1 Å². The maximum Gasteiger partial charge on any atom is 0.338 e. The van der Waals surface area contributed by atoms with Crippen molar-refractivity contribution in [3.8, 4) is 17.2 Å². The summed E-state index contributed by atoms with van der Waals surface area (Å²) in [5, 5.41) is 35.1. The lowest BCUT2D eigenvalue weighted by atomic mass is 10.1. The first kappa shape index (κ1) is 27.1. The lowest BCUT2D eigenvalue weighted by Crippen LogP contribution is -2.37. The van der Waals surface area contributed by atoms with E-state index in [4.69, 9.17) is 9.84 Å². The zero-order valence-corrected chi connectivity index (χ0v) is 21.0. The molecule has 1 aliphatic rings. The standard InChI is InChI=1S/C15H12FN3O3.C11H15N3O3/c1-22-13-6-10-8(5-12(13)21)15(18-7-17-10)19-9-3-2-4-11(20)14(9)16;15-10(13-4-2-1-3-5-13)8-14-7-9(6-12-14)11(16)17/h2-7,20-21H,1H3,(H,17,18,19);6-7H,1-5,8H2,(H,16,17). The summed E-state index contributed by atoms with van der Waals surface area (Å²) in [5.74, 6) is -1.77. The number of amides is 1. The van der Waals surface area contributed by atoms with E-state index in [1.165, 1.54) is 61.2 Å². The first-order valence-corrected chi connectivity index (χ1v) is 12.1. The van der Waals surface area contributed by atoms with Crippen LogP contribution in [0.4, 0.5) is 15.9 Å². The van der Waals surface area contributed by atoms with Gasteiger partial charge in [-0.15, -0.1) is 0 Å². The highest BCUT2D eigenvalue weighted by Gasteiger charge is 2.18. The SMILES string of the molecule is COc1cc2ncnc(Nc3cccc(O)c3F)c2cc1O.O=C(O)c1cnn(CC(=O)N2CCCCC2)c1. The van der Waals surface area contributed by atoms with Crippen LogP contribution in [0.5, 0.6) is 17.2 Å². The number of carboxylic acids is 1. The molecule has 0 unspecified atom stereocenters. The molecule has 0 aliphatic carbocycles. The first-order valence-electron chi connectivity index (χ1n) is 12.1. The van der Waals surface area contributed by atoms with Crippen molar-refractivity contribution >= 4 is 34.3 Å². The third-order valence-electron chi connectivity index (χ3n) is 6.05. The van der Waals surface area contributed by atoms with Crippen LogP contribution < -0.4 is 10.1 Å². The second kappa shape index (κ2) is 12.1. The van der Waals surface area contributed by atoms with E-state index in [0.29, 0.717) is 16.7 Å². The van der Waals surface area contributed by atoms with Crippen molar-refractivity contribution in [3.05, 3.63) is 60.4 Å². The number of likely N-dealkylation sites (tertiary alicyclic amines) is 1. The van der Waals surface area contributed by atoms with Crippen LogP contribution in [0.1, 0.15) is 29.6 Å². The molecule has 1 amide bonds. The second-order valence-electron chi connectivity index (χ2n) is 8.70. The molecule has 0 bridgehead atoms. The molecule has 1 fully saturated rings. The number of phenols is 2. The predicted octanol–water partition coefficient (Wildman–Crippen LogP) is 3.53. The summed E-state index contributed by atoms with van der Waals surface area (Å²) in [6, 6.07) is 7.19. The molecule has 2 aromatic carbocycles. The summed E-state index contributed by atoms with van der Waals surface area (Å²) in [4.78, 5) is 32.5. The number of carbonyl (C=O) groups excluding carboxylic acids is 1. The number of nitrogens with one attached hydrogen (secondary N) is 1. The number of phenolic OH excluding ortho intramolecular Hbond substituents is 2. The Hall–Kier alpha value is -4.94. The number of piperidine rings is 1. The maximum atomic E-state index is 13.9. The van der Waals surface area contributed by atoms with E-state index in [0.717, 1.165) is 25.9 Å². The molecule has 2 aromatic heterocycles. The van der Waals surface area contributed by atoms with Crippen LogP contribution in [0.15, 0.2) is 49.1 Å². The third-order valence-corrected chi connectivity index (χ3v) is 6.05. The average Bonchev–Trinajstić information content (AvgIpc) is 3.41. The fourth-order valence-electron chi connectivity index (χ4n) is 4.02. The van der Waals surface area contributed by atoms with Gasteiger partial charge in [0, 0.05) is 30.7 Å². The van der Waals surface area contributed by atoms with Crippen LogP contribution >= 0.6 is 0 Å². The summed E-state index contributed by atoms with van der Waals surface area (Å²) in [6.45, 7) is 1.71. The van der Waals surface area contributed by atoms with Crippen LogP contribution in [0.3, 0.4) is 0 Å². The topological polar surface area (TPSA) is 163 Å². The lowest BCUT2D eigenvalue weighted by Gasteiger charge is -2.26. The molecule has 0 atom stereocenters. The molecular formula is C26H27FN6O6. The highest BCUT2D eigenvalue weighted by atomic mass is 19.1. The fraction of sp³-hybridized carbons (Fsp3) is 0.269. The molecule has 12 nitrogen and oxygen atoms in total. The summed E-state index contributed by atoms with van der Waals surface area (Å²) < 4.78 is 20.3. The number of methoxy groups -OCH3 is 1. The van der Waals surface area contributed by atoms with Crippen LogP contribution in [0.25, 0.3) is 10.9 Å². The van der Waals surface area contributed by atoms with E-state index < -0.39 is 17.5 Å². The van der Waals surface area contributed by atoms with Gasteiger partial charge in [-0.3, -0.25) is 9.48 Å². The number of aromatic nitrogens is 4. The van der Waals surface area contributed by atoms with E-state index >= 15 is 0 Å². The zero-order chi connectivity index (χ0) is 27.9. The third kappa shape index (κ3) is 6.50. The van der Waals surface area contributed by atoms with Gasteiger partial charge in [-0.25, -0.2) is 19.2 Å². The Morgan fingerprint density at radius 3 is 2.56 bits per heavy atom. The number of hydrogen-bond donors (Lipinski definition) is 4. The van der Waals surface area contributed by atoms with Gasteiger partial charge in [-0.1, -0.05) is 6.07 Å². The lowest BCUT2D eigenvalue weighted by molar-refractivity contribution is -0.132. The molecule has 0 saturated carbocycles. The number of ether oxygens (including phenoxy) is 1. The van der Waals surface area contributed by atoms with E-state index in [-0.39, 0.29) is 35.2 Å². The molecule has 0 spiro atoms. The van der Waals surface area contributed by atoms with Crippen molar-refractivity contribution in [2.75, 3.05) is 25.5 Å². The number of anilines is 2. The van der Waals surface area contributed by atoms with Crippen LogP contribution in [-0.4, -0.2) is 72.0 Å². The summed E-state index contributed by atoms with van der Waals surface area (Å²) in [6.07, 6.45) is 7.21. The number of nitrogens with zero attached hydrogens (tertiary/aromatic N) is 5. The quantitative estimate of drug-likeness (QED) is 0.286. The molecule has 204 valence electrons. The molecule has 4 N–H and O–H groups in total. The molecule has 4 aromatic rings. The van der Waals surface area contributed by atoms with Gasteiger partial charge in [0.2, 0.25) is 5.91 Å². The molecule has 39 heavy (non-hydrogen) atoms. The first-order chi connectivity index (χ1) is 18.8. The Morgan fingerprint density at radius 2 is 1.87 bits per heavy atom. The zero-order valence-electron chi connectivity index (χ0n) is 21.0. The number of hydrogen-bond acceptors (Lipinski definition) is 9. The molecular weight excluding hydrogens is 511 g/mol. The maximum absolute atomic E-state index is 13.9. The van der Waals surface area contributed by atoms with Gasteiger partial charge < -0.3 is 30.3 Å². The molecule has 0 radical (unpaired) electrons. The van der Waals surface area contributed by atoms with Crippen LogP contribution in [0, 0.1) is 5.82 Å². The fourth-order valence-corrected chi connectivity index (χ4v) is 4.02. The molecule has 1 saturated heterocycles. The van der Waals surface area contributed by atoms with E-state index in [1.807, 2.05) is 4.90 Å². The second-order valence-corrected chi connectivity index (χ2v) is 8.70. The number of rotatable bonds is 6. The number of aromatic hydroxyl groups is 2. The van der Waals surface area contributed by atoms with Crippen LogP contribution in [-0.2, 0) is 11.3 Å². The minimum absolute atomic E-state index is 0.00439. The normalized spacial score (nSPS) is 12.9. The van der Waals surface area contributed by atoms with Crippen molar-refractivity contribution < 1.29 is 34.0 Å². The molecule has 13 heteroatoms. The molecule has 5 rings (SSSR count). The van der Waals surface area contributed by atoms with E-state index in [1.54, 1.807) is 6.07 Å².